The summed E-state index contributed by atoms with van der Waals surface area (Å²) in [7, 11) is -1.87. The van der Waals surface area contributed by atoms with E-state index in [-0.39, 0.29) is 11.1 Å². The molecular formula is C15H21ClOSi. The minimum atomic E-state index is -1.87. The van der Waals surface area contributed by atoms with Gasteiger partial charge in [0.1, 0.15) is 6.10 Å². The van der Waals surface area contributed by atoms with Crippen LogP contribution in [-0.2, 0) is 4.43 Å². The van der Waals surface area contributed by atoms with Gasteiger partial charge in [0.05, 0.1) is 0 Å². The molecule has 1 unspecified atom stereocenters. The Morgan fingerprint density at radius 1 is 1.33 bits per heavy atom. The first-order valence-corrected chi connectivity index (χ1v) is 9.35. The summed E-state index contributed by atoms with van der Waals surface area (Å²) in [5, 5.41) is 0.826. The molecule has 0 aliphatic rings. The van der Waals surface area contributed by atoms with Gasteiger partial charge in [-0.25, -0.2) is 0 Å². The standard InChI is InChI=1S/C15H21ClOSi/c1-7-14(12-9-8-10-13(16)11-12)17-18(5,6)15(2,3)4/h1,8-11,14H,2-6H3. The first-order valence-electron chi connectivity index (χ1n) is 6.07. The molecule has 0 aliphatic carbocycles. The van der Waals surface area contributed by atoms with Gasteiger partial charge in [-0.3, -0.25) is 0 Å². The molecule has 1 nitrogen and oxygen atoms in total. The van der Waals surface area contributed by atoms with Gasteiger partial charge in [-0.2, -0.15) is 0 Å². The Kier molecular flexibility index (Phi) is 4.66. The zero-order valence-electron chi connectivity index (χ0n) is 11.8. The summed E-state index contributed by atoms with van der Waals surface area (Å²) in [4.78, 5) is 0. The first-order chi connectivity index (χ1) is 8.17. The van der Waals surface area contributed by atoms with Gasteiger partial charge in [0.25, 0.3) is 0 Å². The van der Waals surface area contributed by atoms with E-state index < -0.39 is 8.32 Å². The maximum atomic E-state index is 6.24. The number of halogens is 1. The van der Waals surface area contributed by atoms with Gasteiger partial charge in [-0.05, 0) is 35.8 Å². The molecule has 0 amide bonds. The van der Waals surface area contributed by atoms with Crippen molar-refractivity contribution in [2.24, 2.45) is 0 Å². The molecule has 98 valence electrons. The Bertz CT molecular complexity index is 454. The second-order valence-corrected chi connectivity index (χ2v) is 11.2. The Morgan fingerprint density at radius 2 is 1.94 bits per heavy atom. The highest BCUT2D eigenvalue weighted by atomic mass is 35.5. The number of benzene rings is 1. The van der Waals surface area contributed by atoms with E-state index >= 15 is 0 Å². The largest absolute Gasteiger partial charge is 0.399 e. The summed E-state index contributed by atoms with van der Waals surface area (Å²) in [5.41, 5.74) is 0.954. The van der Waals surface area contributed by atoms with E-state index in [9.17, 15) is 0 Å². The highest BCUT2D eigenvalue weighted by Crippen LogP contribution is 2.39. The smallest absolute Gasteiger partial charge is 0.194 e. The van der Waals surface area contributed by atoms with Gasteiger partial charge in [0.2, 0.25) is 0 Å². The SMILES string of the molecule is C#CC(O[Si](C)(C)C(C)(C)C)c1cccc(Cl)c1. The van der Waals surface area contributed by atoms with Crippen LogP contribution in [0, 0.1) is 12.3 Å². The molecule has 1 aromatic rings. The summed E-state index contributed by atoms with van der Waals surface area (Å²) >= 11 is 5.99. The van der Waals surface area contributed by atoms with Gasteiger partial charge >= 0.3 is 0 Å². The number of rotatable bonds is 3. The minimum Gasteiger partial charge on any atom is -0.399 e. The van der Waals surface area contributed by atoms with Crippen molar-refractivity contribution >= 4 is 19.9 Å². The quantitative estimate of drug-likeness (QED) is 0.557. The van der Waals surface area contributed by atoms with Crippen molar-refractivity contribution in [1.29, 1.82) is 0 Å². The van der Waals surface area contributed by atoms with Gasteiger partial charge in [-0.15, -0.1) is 6.42 Å². The van der Waals surface area contributed by atoms with Crippen LogP contribution < -0.4 is 0 Å². The molecule has 0 radical (unpaired) electrons. The van der Waals surface area contributed by atoms with Gasteiger partial charge < -0.3 is 4.43 Å². The van der Waals surface area contributed by atoms with E-state index in [0.29, 0.717) is 5.02 Å². The van der Waals surface area contributed by atoms with E-state index in [1.54, 1.807) is 0 Å². The van der Waals surface area contributed by atoms with Crippen molar-refractivity contribution < 1.29 is 4.43 Å². The van der Waals surface area contributed by atoms with E-state index in [0.717, 1.165) is 5.56 Å². The topological polar surface area (TPSA) is 9.23 Å². The fraction of sp³-hybridized carbons (Fsp3) is 0.467. The maximum absolute atomic E-state index is 6.24. The Hall–Kier alpha value is -0.753. The van der Waals surface area contributed by atoms with Gasteiger partial charge in [-0.1, -0.05) is 50.4 Å². The fourth-order valence-corrected chi connectivity index (χ4v) is 2.69. The second-order valence-electron chi connectivity index (χ2n) is 5.98. The second kappa shape index (κ2) is 5.48. The molecule has 0 N–H and O–H groups in total. The molecule has 0 aliphatic heterocycles. The van der Waals surface area contributed by atoms with E-state index in [4.69, 9.17) is 22.5 Å². The van der Waals surface area contributed by atoms with E-state index in [1.807, 2.05) is 24.3 Å². The van der Waals surface area contributed by atoms with Gasteiger partial charge in [0, 0.05) is 5.02 Å². The Labute approximate surface area is 117 Å². The van der Waals surface area contributed by atoms with Crippen LogP contribution in [0.15, 0.2) is 24.3 Å². The summed E-state index contributed by atoms with van der Waals surface area (Å²) < 4.78 is 6.24. The Morgan fingerprint density at radius 3 is 2.39 bits per heavy atom. The van der Waals surface area contributed by atoms with Crippen molar-refractivity contribution in [3.63, 3.8) is 0 Å². The monoisotopic (exact) mass is 280 g/mol. The van der Waals surface area contributed by atoms with Crippen molar-refractivity contribution in [3.05, 3.63) is 34.9 Å². The summed E-state index contributed by atoms with van der Waals surface area (Å²) in [5.74, 6) is 2.73. The summed E-state index contributed by atoms with van der Waals surface area (Å²) in [6.07, 6.45) is 5.29. The number of terminal acetylenes is 1. The molecule has 0 saturated carbocycles. The van der Waals surface area contributed by atoms with E-state index in [2.05, 4.69) is 39.8 Å². The molecule has 1 atom stereocenters. The predicted octanol–water partition coefficient (Wildman–Crippen LogP) is 5.04. The van der Waals surface area contributed by atoms with Crippen LogP contribution >= 0.6 is 11.6 Å². The molecule has 1 aromatic carbocycles. The lowest BCUT2D eigenvalue weighted by atomic mass is 10.1. The zero-order chi connectivity index (χ0) is 14.0. The molecule has 0 bridgehead atoms. The molecule has 1 rings (SSSR count). The lowest BCUT2D eigenvalue weighted by Crippen LogP contribution is -2.41. The highest BCUT2D eigenvalue weighted by Gasteiger charge is 2.39. The summed E-state index contributed by atoms with van der Waals surface area (Å²) in [6.45, 7) is 11.0. The van der Waals surface area contributed by atoms with Crippen molar-refractivity contribution in [3.8, 4) is 12.3 Å². The first kappa shape index (κ1) is 15.3. The van der Waals surface area contributed by atoms with Crippen molar-refractivity contribution in [2.45, 2.75) is 45.0 Å². The van der Waals surface area contributed by atoms with Crippen molar-refractivity contribution in [1.82, 2.24) is 0 Å². The predicted molar refractivity (Wildman–Crippen MR) is 81.3 cm³/mol. The molecule has 0 heterocycles. The lowest BCUT2D eigenvalue weighted by molar-refractivity contribution is 0.238. The Balaban J connectivity index is 2.97. The van der Waals surface area contributed by atoms with Crippen LogP contribution in [0.25, 0.3) is 0 Å². The lowest BCUT2D eigenvalue weighted by Gasteiger charge is -2.38. The van der Waals surface area contributed by atoms with Crippen LogP contribution in [0.4, 0.5) is 0 Å². The normalized spacial score (nSPS) is 14.1. The zero-order valence-corrected chi connectivity index (χ0v) is 13.5. The highest BCUT2D eigenvalue weighted by molar-refractivity contribution is 6.74. The van der Waals surface area contributed by atoms with E-state index in [1.165, 1.54) is 0 Å². The van der Waals surface area contributed by atoms with Crippen LogP contribution in [0.5, 0.6) is 0 Å². The third-order valence-electron chi connectivity index (χ3n) is 3.52. The van der Waals surface area contributed by atoms with Crippen LogP contribution in [0.1, 0.15) is 32.4 Å². The third-order valence-corrected chi connectivity index (χ3v) is 8.19. The van der Waals surface area contributed by atoms with Gasteiger partial charge in [0.15, 0.2) is 8.32 Å². The molecule has 0 fully saturated rings. The maximum Gasteiger partial charge on any atom is 0.194 e. The average Bonchev–Trinajstić information content (AvgIpc) is 2.24. The molecule has 0 saturated heterocycles. The molecule has 18 heavy (non-hydrogen) atoms. The molecule has 3 heteroatoms. The minimum absolute atomic E-state index is 0.140. The molecule has 0 aromatic heterocycles. The van der Waals surface area contributed by atoms with Crippen LogP contribution in [0.3, 0.4) is 0 Å². The fourth-order valence-electron chi connectivity index (χ4n) is 1.34. The number of hydrogen-bond acceptors (Lipinski definition) is 1. The third kappa shape index (κ3) is 3.62. The molecular weight excluding hydrogens is 260 g/mol. The average molecular weight is 281 g/mol. The van der Waals surface area contributed by atoms with Crippen LogP contribution in [0.2, 0.25) is 23.2 Å². The molecule has 0 spiro atoms. The summed E-state index contributed by atoms with van der Waals surface area (Å²) in [6, 6.07) is 7.57. The number of hydrogen-bond donors (Lipinski definition) is 0. The van der Waals surface area contributed by atoms with Crippen LogP contribution in [-0.4, -0.2) is 8.32 Å². The van der Waals surface area contributed by atoms with Crippen molar-refractivity contribution in [2.75, 3.05) is 0 Å².